The maximum Gasteiger partial charge on any atom is 0.0234 e. The van der Waals surface area contributed by atoms with Crippen molar-refractivity contribution in [2.75, 3.05) is 25.6 Å². The zero-order valence-corrected chi connectivity index (χ0v) is 11.0. The minimum atomic E-state index is 0.493. The van der Waals surface area contributed by atoms with Gasteiger partial charge in [-0.25, -0.2) is 0 Å². The van der Waals surface area contributed by atoms with Crippen LogP contribution in [0.2, 0.25) is 0 Å². The number of hydrogen-bond acceptors (Lipinski definition) is 3. The predicted molar refractivity (Wildman–Crippen MR) is 73.8 cm³/mol. The fourth-order valence-electron chi connectivity index (χ4n) is 1.77. The molecule has 0 heterocycles. The van der Waals surface area contributed by atoms with Gasteiger partial charge in [0.2, 0.25) is 0 Å². The molecule has 0 fully saturated rings. The lowest BCUT2D eigenvalue weighted by Gasteiger charge is -2.26. The molecule has 16 heavy (non-hydrogen) atoms. The fraction of sp³-hybridized carbons (Fsp3) is 0.538. The Balaban J connectivity index is 2.46. The van der Waals surface area contributed by atoms with Gasteiger partial charge in [0, 0.05) is 19.1 Å². The van der Waals surface area contributed by atoms with Crippen molar-refractivity contribution in [1.82, 2.24) is 4.90 Å². The molecule has 0 aliphatic heterocycles. The molecular weight excluding hydrogens is 216 g/mol. The fourth-order valence-corrected chi connectivity index (χ4v) is 2.28. The second-order valence-corrected chi connectivity index (χ2v) is 5.06. The van der Waals surface area contributed by atoms with Crippen molar-refractivity contribution >= 4 is 11.8 Å². The van der Waals surface area contributed by atoms with Gasteiger partial charge in [0.15, 0.2) is 0 Å². The number of nitrogens with zero attached hydrogens (tertiary/aromatic N) is 1. The topological polar surface area (TPSA) is 29.3 Å². The highest BCUT2D eigenvalue weighted by molar-refractivity contribution is 7.98. The molecule has 0 aromatic heterocycles. The van der Waals surface area contributed by atoms with E-state index in [0.717, 1.165) is 13.1 Å². The highest BCUT2D eigenvalue weighted by atomic mass is 32.2. The first kappa shape index (κ1) is 13.6. The van der Waals surface area contributed by atoms with Crippen molar-refractivity contribution in [1.29, 1.82) is 0 Å². The lowest BCUT2D eigenvalue weighted by Crippen LogP contribution is -2.37. The average molecular weight is 238 g/mol. The molecule has 1 unspecified atom stereocenters. The van der Waals surface area contributed by atoms with Gasteiger partial charge in [0.25, 0.3) is 0 Å². The van der Waals surface area contributed by atoms with E-state index in [4.69, 9.17) is 5.73 Å². The summed E-state index contributed by atoms with van der Waals surface area (Å²) < 4.78 is 0. The Bertz CT molecular complexity index is 277. The molecule has 90 valence electrons. The molecule has 3 heteroatoms. The summed E-state index contributed by atoms with van der Waals surface area (Å²) in [7, 11) is 2.16. The van der Waals surface area contributed by atoms with Crippen LogP contribution in [0.4, 0.5) is 0 Å². The van der Waals surface area contributed by atoms with Crippen molar-refractivity contribution in [2.24, 2.45) is 5.73 Å². The Morgan fingerprint density at radius 2 is 2.00 bits per heavy atom. The summed E-state index contributed by atoms with van der Waals surface area (Å²) in [6, 6.07) is 11.0. The lowest BCUT2D eigenvalue weighted by atomic mass is 10.1. The van der Waals surface area contributed by atoms with Crippen LogP contribution in [-0.4, -0.2) is 36.5 Å². The molecule has 0 spiro atoms. The molecular formula is C13H22N2S. The van der Waals surface area contributed by atoms with Crippen molar-refractivity contribution in [3.05, 3.63) is 35.9 Å². The normalized spacial score (nSPS) is 13.0. The Kier molecular flexibility index (Phi) is 6.53. The lowest BCUT2D eigenvalue weighted by molar-refractivity contribution is 0.234. The molecule has 2 N–H and O–H groups in total. The number of likely N-dealkylation sites (N-methyl/N-ethyl adjacent to an activating group) is 1. The zero-order chi connectivity index (χ0) is 11.8. The van der Waals surface area contributed by atoms with Gasteiger partial charge in [-0.1, -0.05) is 30.3 Å². The van der Waals surface area contributed by atoms with Crippen molar-refractivity contribution < 1.29 is 0 Å². The van der Waals surface area contributed by atoms with Gasteiger partial charge in [0.1, 0.15) is 0 Å². The van der Waals surface area contributed by atoms with Crippen molar-refractivity contribution in [3.8, 4) is 0 Å². The summed E-state index contributed by atoms with van der Waals surface area (Å²) in [5.74, 6) is 1.18. The molecule has 0 saturated carbocycles. The van der Waals surface area contributed by atoms with E-state index in [-0.39, 0.29) is 0 Å². The van der Waals surface area contributed by atoms with Crippen molar-refractivity contribution in [3.63, 3.8) is 0 Å². The highest BCUT2D eigenvalue weighted by Gasteiger charge is 2.12. The maximum absolute atomic E-state index is 5.82. The average Bonchev–Trinajstić information content (AvgIpc) is 2.31. The van der Waals surface area contributed by atoms with Crippen LogP contribution in [0.25, 0.3) is 0 Å². The third-order valence-electron chi connectivity index (χ3n) is 2.83. The second-order valence-electron chi connectivity index (χ2n) is 4.07. The van der Waals surface area contributed by atoms with Gasteiger partial charge in [-0.2, -0.15) is 11.8 Å². The highest BCUT2D eigenvalue weighted by Crippen LogP contribution is 2.10. The molecule has 0 aliphatic carbocycles. The van der Waals surface area contributed by atoms with Crippen LogP contribution in [0.15, 0.2) is 30.3 Å². The molecule has 2 nitrogen and oxygen atoms in total. The van der Waals surface area contributed by atoms with Crippen LogP contribution in [0.3, 0.4) is 0 Å². The third kappa shape index (κ3) is 4.56. The summed E-state index contributed by atoms with van der Waals surface area (Å²) in [5, 5.41) is 0. The van der Waals surface area contributed by atoms with E-state index in [2.05, 4.69) is 48.5 Å². The Morgan fingerprint density at radius 1 is 1.31 bits per heavy atom. The van der Waals surface area contributed by atoms with Gasteiger partial charge in [-0.15, -0.1) is 0 Å². The molecule has 1 atom stereocenters. The summed E-state index contributed by atoms with van der Waals surface area (Å²) in [6.07, 6.45) is 3.31. The summed E-state index contributed by atoms with van der Waals surface area (Å²) >= 11 is 1.89. The van der Waals surface area contributed by atoms with Gasteiger partial charge in [-0.05, 0) is 31.0 Å². The maximum atomic E-state index is 5.82. The molecule has 0 aliphatic rings. The minimum absolute atomic E-state index is 0.493. The standard InChI is InChI=1S/C13H22N2S/c1-15(13(10-14)8-9-16-2)11-12-6-4-3-5-7-12/h3-7,13H,8-11,14H2,1-2H3. The van der Waals surface area contributed by atoms with Crippen LogP contribution in [0.5, 0.6) is 0 Å². The van der Waals surface area contributed by atoms with E-state index in [1.54, 1.807) is 0 Å². The summed E-state index contributed by atoms with van der Waals surface area (Å²) in [6.45, 7) is 1.72. The van der Waals surface area contributed by atoms with E-state index < -0.39 is 0 Å². The monoisotopic (exact) mass is 238 g/mol. The van der Waals surface area contributed by atoms with Gasteiger partial charge in [-0.3, -0.25) is 4.90 Å². The van der Waals surface area contributed by atoms with Crippen LogP contribution in [0.1, 0.15) is 12.0 Å². The number of rotatable bonds is 7. The van der Waals surface area contributed by atoms with Crippen LogP contribution < -0.4 is 5.73 Å². The molecule has 0 bridgehead atoms. The van der Waals surface area contributed by atoms with Gasteiger partial charge < -0.3 is 5.73 Å². The number of nitrogens with two attached hydrogens (primary N) is 1. The number of benzene rings is 1. The van der Waals surface area contributed by atoms with E-state index in [1.807, 2.05) is 11.8 Å². The Hall–Kier alpha value is -0.510. The van der Waals surface area contributed by atoms with E-state index in [1.165, 1.54) is 17.7 Å². The Morgan fingerprint density at radius 3 is 2.56 bits per heavy atom. The molecule has 1 rings (SSSR count). The first-order valence-corrected chi connectivity index (χ1v) is 7.10. The first-order valence-electron chi connectivity index (χ1n) is 5.71. The predicted octanol–water partition coefficient (Wildman–Crippen LogP) is 2.20. The molecule has 1 aromatic carbocycles. The number of hydrogen-bond donors (Lipinski definition) is 1. The molecule has 0 radical (unpaired) electrons. The minimum Gasteiger partial charge on any atom is -0.329 e. The van der Waals surface area contributed by atoms with Crippen molar-refractivity contribution in [2.45, 2.75) is 19.0 Å². The summed E-state index contributed by atoms with van der Waals surface area (Å²) in [5.41, 5.74) is 7.17. The SMILES string of the molecule is CSCCC(CN)N(C)Cc1ccccc1. The number of thioether (sulfide) groups is 1. The zero-order valence-electron chi connectivity index (χ0n) is 10.2. The van der Waals surface area contributed by atoms with Crippen LogP contribution in [-0.2, 0) is 6.54 Å². The largest absolute Gasteiger partial charge is 0.329 e. The quantitative estimate of drug-likeness (QED) is 0.789. The molecule has 0 saturated heterocycles. The first-order chi connectivity index (χ1) is 7.77. The van der Waals surface area contributed by atoms with E-state index >= 15 is 0 Å². The molecule has 1 aromatic rings. The smallest absolute Gasteiger partial charge is 0.0234 e. The second kappa shape index (κ2) is 7.71. The van der Waals surface area contributed by atoms with Gasteiger partial charge in [0.05, 0.1) is 0 Å². The van der Waals surface area contributed by atoms with E-state index in [9.17, 15) is 0 Å². The third-order valence-corrected chi connectivity index (χ3v) is 3.47. The molecule has 0 amide bonds. The summed E-state index contributed by atoms with van der Waals surface area (Å²) in [4.78, 5) is 2.35. The van der Waals surface area contributed by atoms with Gasteiger partial charge >= 0.3 is 0 Å². The van der Waals surface area contributed by atoms with Crippen LogP contribution in [0, 0.1) is 0 Å². The Labute approximate surface area is 103 Å². The van der Waals surface area contributed by atoms with E-state index in [0.29, 0.717) is 6.04 Å². The van der Waals surface area contributed by atoms with Crippen LogP contribution >= 0.6 is 11.8 Å².